The van der Waals surface area contributed by atoms with Gasteiger partial charge in [-0.25, -0.2) is 9.97 Å². The Kier molecular flexibility index (Phi) is 2.05. The number of halogens is 1. The maximum atomic E-state index is 6.03. The summed E-state index contributed by atoms with van der Waals surface area (Å²) in [6, 6.07) is 0. The number of hydrogen-bond acceptors (Lipinski definition) is 4. The first-order chi connectivity index (χ1) is 7.68. The average Bonchev–Trinajstić information content (AvgIpc) is 2.61. The molecule has 0 amide bonds. The molecule has 5 nitrogen and oxygen atoms in total. The van der Waals surface area contributed by atoms with Gasteiger partial charge in [0.15, 0.2) is 0 Å². The Morgan fingerprint density at radius 2 is 2.25 bits per heavy atom. The van der Waals surface area contributed by atoms with Crippen molar-refractivity contribution in [1.82, 2.24) is 20.3 Å². The number of rotatable bonds is 2. The predicted molar refractivity (Wildman–Crippen MR) is 60.8 cm³/mol. The van der Waals surface area contributed by atoms with Gasteiger partial charge in [0, 0.05) is 19.3 Å². The zero-order valence-electron chi connectivity index (χ0n) is 8.75. The predicted octanol–water partition coefficient (Wildman–Crippen LogP) is 1.35. The van der Waals surface area contributed by atoms with Gasteiger partial charge in [0.05, 0.1) is 5.39 Å². The van der Waals surface area contributed by atoms with E-state index in [9.17, 15) is 0 Å². The molecule has 1 fully saturated rings. The van der Waals surface area contributed by atoms with E-state index in [1.54, 1.807) is 6.20 Å². The molecule has 0 atom stereocenters. The highest BCUT2D eigenvalue weighted by atomic mass is 35.5. The third kappa shape index (κ3) is 1.44. The second-order valence-corrected chi connectivity index (χ2v) is 4.55. The Morgan fingerprint density at radius 1 is 1.44 bits per heavy atom. The van der Waals surface area contributed by atoms with E-state index >= 15 is 0 Å². The molecule has 6 heteroatoms. The van der Waals surface area contributed by atoms with Crippen molar-refractivity contribution in [2.24, 2.45) is 0 Å². The van der Waals surface area contributed by atoms with Crippen LogP contribution in [0.25, 0.3) is 11.0 Å². The van der Waals surface area contributed by atoms with Gasteiger partial charge in [-0.05, 0) is 6.92 Å². The number of ether oxygens (including phenoxy) is 1. The summed E-state index contributed by atoms with van der Waals surface area (Å²) >= 11 is 6.03. The van der Waals surface area contributed by atoms with Crippen LogP contribution in [0.1, 0.15) is 6.92 Å². The lowest BCUT2D eigenvalue weighted by Crippen LogP contribution is -2.60. The first-order valence-corrected chi connectivity index (χ1v) is 5.43. The van der Waals surface area contributed by atoms with Gasteiger partial charge in [0.2, 0.25) is 0 Å². The number of nitrogens with one attached hydrogen (secondary N) is 2. The van der Waals surface area contributed by atoms with Crippen LogP contribution < -0.4 is 10.1 Å². The van der Waals surface area contributed by atoms with Gasteiger partial charge in [0.1, 0.15) is 28.5 Å². The van der Waals surface area contributed by atoms with Crippen LogP contribution in [0, 0.1) is 0 Å². The largest absolute Gasteiger partial charge is 0.482 e. The van der Waals surface area contributed by atoms with Crippen LogP contribution in [0.4, 0.5) is 0 Å². The highest BCUT2D eigenvalue weighted by molar-refractivity contribution is 6.34. The third-order valence-corrected chi connectivity index (χ3v) is 3.03. The third-order valence-electron chi connectivity index (χ3n) is 2.74. The van der Waals surface area contributed by atoms with E-state index in [0.29, 0.717) is 16.5 Å². The normalized spacial score (nSPS) is 18.4. The van der Waals surface area contributed by atoms with Crippen LogP contribution in [0.2, 0.25) is 5.15 Å². The second kappa shape index (κ2) is 3.33. The van der Waals surface area contributed by atoms with E-state index in [0.717, 1.165) is 18.5 Å². The Morgan fingerprint density at radius 3 is 2.94 bits per heavy atom. The molecule has 2 N–H and O–H groups in total. The Bertz CT molecular complexity index is 535. The Labute approximate surface area is 97.2 Å². The number of nitrogens with zero attached hydrogens (tertiary/aromatic N) is 2. The fourth-order valence-electron chi connectivity index (χ4n) is 1.79. The van der Waals surface area contributed by atoms with Gasteiger partial charge in [-0.15, -0.1) is 0 Å². The number of hydrogen-bond donors (Lipinski definition) is 2. The van der Waals surface area contributed by atoms with Crippen LogP contribution in [0.3, 0.4) is 0 Å². The van der Waals surface area contributed by atoms with Crippen molar-refractivity contribution >= 4 is 22.6 Å². The molecule has 16 heavy (non-hydrogen) atoms. The number of fused-ring (bicyclic) bond motifs is 1. The quantitative estimate of drug-likeness (QED) is 0.776. The van der Waals surface area contributed by atoms with Crippen LogP contribution in [0.15, 0.2) is 12.5 Å². The molecule has 1 aliphatic heterocycles. The summed E-state index contributed by atoms with van der Waals surface area (Å²) in [5, 5.41) is 4.34. The molecule has 0 radical (unpaired) electrons. The van der Waals surface area contributed by atoms with E-state index in [4.69, 9.17) is 16.3 Å². The zero-order chi connectivity index (χ0) is 11.2. The molecular formula is C10H11ClN4O. The summed E-state index contributed by atoms with van der Waals surface area (Å²) in [5.74, 6) is 0.713. The minimum Gasteiger partial charge on any atom is -0.482 e. The first-order valence-electron chi connectivity index (χ1n) is 5.05. The number of aromatic nitrogens is 3. The van der Waals surface area contributed by atoms with Crippen molar-refractivity contribution in [1.29, 1.82) is 0 Å². The topological polar surface area (TPSA) is 62.8 Å². The van der Waals surface area contributed by atoms with Crippen LogP contribution in [-0.4, -0.2) is 33.6 Å². The lowest BCUT2D eigenvalue weighted by molar-refractivity contribution is 0.0364. The average molecular weight is 239 g/mol. The van der Waals surface area contributed by atoms with E-state index in [1.807, 2.05) is 0 Å². The van der Waals surface area contributed by atoms with Crippen molar-refractivity contribution in [2.75, 3.05) is 13.1 Å². The molecule has 0 aliphatic carbocycles. The highest BCUT2D eigenvalue weighted by Crippen LogP contribution is 2.32. The monoisotopic (exact) mass is 238 g/mol. The molecule has 0 saturated carbocycles. The van der Waals surface area contributed by atoms with Crippen molar-refractivity contribution in [3.8, 4) is 5.75 Å². The molecule has 2 aromatic rings. The molecule has 0 aromatic carbocycles. The minimum absolute atomic E-state index is 0.158. The summed E-state index contributed by atoms with van der Waals surface area (Å²) in [6.45, 7) is 3.73. The lowest BCUT2D eigenvalue weighted by atomic mass is 10.00. The molecule has 2 aromatic heterocycles. The summed E-state index contributed by atoms with van der Waals surface area (Å²) in [7, 11) is 0. The summed E-state index contributed by atoms with van der Waals surface area (Å²) < 4.78 is 5.91. The summed E-state index contributed by atoms with van der Waals surface area (Å²) in [5.41, 5.74) is 0.541. The van der Waals surface area contributed by atoms with Gasteiger partial charge in [0.25, 0.3) is 0 Å². The first kappa shape index (κ1) is 9.86. The number of H-pyrrole nitrogens is 1. The molecule has 3 heterocycles. The fourth-order valence-corrected chi connectivity index (χ4v) is 2.02. The maximum absolute atomic E-state index is 6.03. The van der Waals surface area contributed by atoms with Crippen LogP contribution >= 0.6 is 11.6 Å². The fraction of sp³-hybridized carbons (Fsp3) is 0.400. The van der Waals surface area contributed by atoms with Crippen LogP contribution in [-0.2, 0) is 0 Å². The second-order valence-electron chi connectivity index (χ2n) is 4.20. The molecule has 1 saturated heterocycles. The molecule has 84 valence electrons. The van der Waals surface area contributed by atoms with Gasteiger partial charge in [-0.2, -0.15) is 0 Å². The molecule has 0 bridgehead atoms. The van der Waals surface area contributed by atoms with Crippen molar-refractivity contribution in [3.63, 3.8) is 0 Å². The lowest BCUT2D eigenvalue weighted by Gasteiger charge is -2.39. The zero-order valence-corrected chi connectivity index (χ0v) is 9.51. The van der Waals surface area contributed by atoms with Crippen LogP contribution in [0.5, 0.6) is 5.75 Å². The van der Waals surface area contributed by atoms with Gasteiger partial charge in [-0.3, -0.25) is 0 Å². The van der Waals surface area contributed by atoms with E-state index in [1.165, 1.54) is 6.33 Å². The van der Waals surface area contributed by atoms with Crippen molar-refractivity contribution < 1.29 is 4.74 Å². The minimum atomic E-state index is -0.158. The maximum Gasteiger partial charge on any atom is 0.150 e. The number of aromatic amines is 1. The Balaban J connectivity index is 2.03. The molecule has 1 aliphatic rings. The van der Waals surface area contributed by atoms with Gasteiger partial charge in [-0.1, -0.05) is 11.6 Å². The van der Waals surface area contributed by atoms with Gasteiger partial charge < -0.3 is 15.0 Å². The standard InChI is InChI=1S/C10H11ClN4O/c1-10(3-12-4-10)16-6-2-13-9-7(6)8(11)14-5-15-9/h2,5,12H,3-4H2,1H3,(H,13,14,15). The van der Waals surface area contributed by atoms with Crippen molar-refractivity contribution in [2.45, 2.75) is 12.5 Å². The highest BCUT2D eigenvalue weighted by Gasteiger charge is 2.34. The van der Waals surface area contributed by atoms with E-state index in [2.05, 4.69) is 27.2 Å². The summed E-state index contributed by atoms with van der Waals surface area (Å²) in [6.07, 6.45) is 3.20. The van der Waals surface area contributed by atoms with E-state index in [-0.39, 0.29) is 5.60 Å². The molecule has 0 spiro atoms. The SMILES string of the molecule is CC1(Oc2c[nH]c3ncnc(Cl)c23)CNC1. The van der Waals surface area contributed by atoms with Crippen molar-refractivity contribution in [3.05, 3.63) is 17.7 Å². The van der Waals surface area contributed by atoms with E-state index < -0.39 is 0 Å². The molecule has 0 unspecified atom stereocenters. The molecule has 3 rings (SSSR count). The Hall–Kier alpha value is -1.33. The van der Waals surface area contributed by atoms with Gasteiger partial charge >= 0.3 is 0 Å². The molecular weight excluding hydrogens is 228 g/mol. The smallest absolute Gasteiger partial charge is 0.150 e. The summed E-state index contributed by atoms with van der Waals surface area (Å²) in [4.78, 5) is 11.1.